The lowest BCUT2D eigenvalue weighted by molar-refractivity contribution is -0.384. The summed E-state index contributed by atoms with van der Waals surface area (Å²) in [6, 6.07) is 22.1. The van der Waals surface area contributed by atoms with E-state index in [1.807, 2.05) is 53.4 Å². The first-order valence-electron chi connectivity index (χ1n) is 10.3. The molecule has 1 heterocycles. The topological polar surface area (TPSA) is 66.7 Å². The van der Waals surface area contributed by atoms with Gasteiger partial charge >= 0.3 is 0 Å². The molecule has 0 spiro atoms. The molecule has 32 heavy (non-hydrogen) atoms. The maximum atomic E-state index is 12.9. The molecule has 0 radical (unpaired) electrons. The fraction of sp³-hybridized carbons (Fsp3) is 0.208. The van der Waals surface area contributed by atoms with Crippen LogP contribution >= 0.6 is 23.4 Å². The highest BCUT2D eigenvalue weighted by atomic mass is 35.5. The Morgan fingerprint density at radius 1 is 0.906 bits per heavy atom. The zero-order valence-electron chi connectivity index (χ0n) is 17.3. The average Bonchev–Trinajstić information content (AvgIpc) is 2.84. The molecule has 0 aliphatic carbocycles. The van der Waals surface area contributed by atoms with Gasteiger partial charge in [-0.25, -0.2) is 0 Å². The van der Waals surface area contributed by atoms with Crippen molar-refractivity contribution in [3.8, 4) is 0 Å². The lowest BCUT2D eigenvalue weighted by Gasteiger charge is -2.36. The summed E-state index contributed by atoms with van der Waals surface area (Å²) in [5.41, 5.74) is 2.86. The molecule has 0 aromatic heterocycles. The first kappa shape index (κ1) is 22.2. The molecule has 0 saturated carbocycles. The van der Waals surface area contributed by atoms with Gasteiger partial charge in [0.2, 0.25) is 0 Å². The molecule has 0 N–H and O–H groups in total. The van der Waals surface area contributed by atoms with E-state index in [0.29, 0.717) is 31.7 Å². The maximum absolute atomic E-state index is 12.9. The molecule has 1 aliphatic rings. The zero-order chi connectivity index (χ0) is 22.5. The molecular weight excluding hydrogens is 446 g/mol. The van der Waals surface area contributed by atoms with Gasteiger partial charge in [-0.2, -0.15) is 0 Å². The first-order valence-corrected chi connectivity index (χ1v) is 11.6. The number of halogens is 1. The highest BCUT2D eigenvalue weighted by Gasteiger charge is 2.22. The Labute approximate surface area is 195 Å². The number of nitro groups is 1. The van der Waals surface area contributed by atoms with E-state index in [1.54, 1.807) is 23.9 Å². The summed E-state index contributed by atoms with van der Waals surface area (Å²) >= 11 is 7.65. The van der Waals surface area contributed by atoms with Crippen molar-refractivity contribution in [3.05, 3.63) is 99.1 Å². The molecule has 0 bridgehead atoms. The molecule has 0 unspecified atom stereocenters. The smallest absolute Gasteiger partial charge is 0.269 e. The number of piperazine rings is 1. The fourth-order valence-corrected chi connectivity index (χ4v) is 4.56. The van der Waals surface area contributed by atoms with E-state index in [1.165, 1.54) is 12.1 Å². The van der Waals surface area contributed by atoms with Crippen LogP contribution in [0.4, 0.5) is 11.4 Å². The van der Waals surface area contributed by atoms with Gasteiger partial charge in [0.15, 0.2) is 0 Å². The second-order valence-electron chi connectivity index (χ2n) is 7.49. The molecule has 1 saturated heterocycles. The van der Waals surface area contributed by atoms with Crippen molar-refractivity contribution in [2.45, 2.75) is 10.6 Å². The van der Waals surface area contributed by atoms with Gasteiger partial charge in [-0.05, 0) is 54.1 Å². The van der Waals surface area contributed by atoms with Gasteiger partial charge in [-0.15, -0.1) is 11.8 Å². The number of anilines is 1. The summed E-state index contributed by atoms with van der Waals surface area (Å²) in [7, 11) is 0. The molecule has 1 aliphatic heterocycles. The third-order valence-corrected chi connectivity index (χ3v) is 6.75. The zero-order valence-corrected chi connectivity index (χ0v) is 18.9. The predicted molar refractivity (Wildman–Crippen MR) is 129 cm³/mol. The van der Waals surface area contributed by atoms with Gasteiger partial charge in [-0.3, -0.25) is 14.9 Å². The Kier molecular flexibility index (Phi) is 6.97. The van der Waals surface area contributed by atoms with Crippen LogP contribution in [0.3, 0.4) is 0 Å². The Hall–Kier alpha value is -3.03. The van der Waals surface area contributed by atoms with E-state index in [9.17, 15) is 14.9 Å². The van der Waals surface area contributed by atoms with Crippen LogP contribution in [0, 0.1) is 10.1 Å². The van der Waals surface area contributed by atoms with Crippen molar-refractivity contribution < 1.29 is 9.72 Å². The third-order valence-electron chi connectivity index (χ3n) is 5.41. The summed E-state index contributed by atoms with van der Waals surface area (Å²) in [6.07, 6.45) is 0. The molecule has 1 fully saturated rings. The number of carbonyl (C=O) groups is 1. The lowest BCUT2D eigenvalue weighted by Crippen LogP contribution is -2.48. The maximum Gasteiger partial charge on any atom is 0.269 e. The SMILES string of the molecule is O=C(c1ccc(CSc2ccc(Cl)cc2)cc1)N1CCN(c2ccc([N+](=O)[O-])cc2)CC1. The first-order chi connectivity index (χ1) is 15.5. The number of benzene rings is 3. The minimum absolute atomic E-state index is 0.0326. The summed E-state index contributed by atoms with van der Waals surface area (Å²) in [5, 5.41) is 11.5. The van der Waals surface area contributed by atoms with Gasteiger partial charge in [0.05, 0.1) is 4.92 Å². The van der Waals surface area contributed by atoms with Crippen molar-refractivity contribution in [1.82, 2.24) is 4.90 Å². The number of amides is 1. The van der Waals surface area contributed by atoms with Crippen LogP contribution in [0.1, 0.15) is 15.9 Å². The Bertz CT molecular complexity index is 1080. The molecule has 1 amide bonds. The lowest BCUT2D eigenvalue weighted by atomic mass is 10.1. The van der Waals surface area contributed by atoms with Crippen LogP contribution < -0.4 is 4.90 Å². The fourth-order valence-electron chi connectivity index (χ4n) is 3.58. The summed E-state index contributed by atoms with van der Waals surface area (Å²) < 4.78 is 0. The monoisotopic (exact) mass is 467 g/mol. The number of nitrogens with zero attached hydrogens (tertiary/aromatic N) is 3. The number of hydrogen-bond donors (Lipinski definition) is 0. The minimum Gasteiger partial charge on any atom is -0.368 e. The second kappa shape index (κ2) is 10.1. The van der Waals surface area contributed by atoms with Crippen LogP contribution in [-0.2, 0) is 5.75 Å². The highest BCUT2D eigenvalue weighted by molar-refractivity contribution is 7.98. The summed E-state index contributed by atoms with van der Waals surface area (Å²) in [4.78, 5) is 28.5. The van der Waals surface area contributed by atoms with Gasteiger partial charge in [0, 0.05) is 65.2 Å². The molecule has 8 heteroatoms. The quantitative estimate of drug-likeness (QED) is 0.272. The standard InChI is InChI=1S/C24H22ClN3O3S/c25-20-5-11-23(12-6-20)32-17-18-1-3-19(4-2-18)24(29)27-15-13-26(14-16-27)21-7-9-22(10-8-21)28(30)31/h1-12H,13-17H2. The number of rotatable bonds is 6. The number of thioether (sulfide) groups is 1. The van der Waals surface area contributed by atoms with Gasteiger partial charge in [0.25, 0.3) is 11.6 Å². The Morgan fingerprint density at radius 2 is 1.53 bits per heavy atom. The van der Waals surface area contributed by atoms with Gasteiger partial charge in [-0.1, -0.05) is 23.7 Å². The van der Waals surface area contributed by atoms with Crippen LogP contribution in [0.5, 0.6) is 0 Å². The van der Waals surface area contributed by atoms with Crippen molar-refractivity contribution in [1.29, 1.82) is 0 Å². The molecule has 3 aromatic carbocycles. The molecular formula is C24H22ClN3O3S. The predicted octanol–water partition coefficient (Wildman–Crippen LogP) is 5.50. The molecule has 3 aromatic rings. The second-order valence-corrected chi connectivity index (χ2v) is 8.98. The normalized spacial score (nSPS) is 13.8. The van der Waals surface area contributed by atoms with Crippen molar-refractivity contribution in [3.63, 3.8) is 0 Å². The Balaban J connectivity index is 1.30. The van der Waals surface area contributed by atoms with E-state index in [4.69, 9.17) is 11.6 Å². The van der Waals surface area contributed by atoms with Gasteiger partial charge < -0.3 is 9.80 Å². The van der Waals surface area contributed by atoms with Crippen LogP contribution in [0.15, 0.2) is 77.7 Å². The average molecular weight is 468 g/mol. The third kappa shape index (κ3) is 5.41. The van der Waals surface area contributed by atoms with Crippen LogP contribution in [-0.4, -0.2) is 41.9 Å². The van der Waals surface area contributed by atoms with E-state index in [2.05, 4.69) is 4.90 Å². The largest absolute Gasteiger partial charge is 0.368 e. The van der Waals surface area contributed by atoms with Crippen LogP contribution in [0.25, 0.3) is 0 Å². The summed E-state index contributed by atoms with van der Waals surface area (Å²) in [5.74, 6) is 0.856. The number of nitro benzene ring substituents is 1. The molecule has 6 nitrogen and oxygen atoms in total. The highest BCUT2D eigenvalue weighted by Crippen LogP contribution is 2.25. The van der Waals surface area contributed by atoms with E-state index in [0.717, 1.165) is 26.9 Å². The van der Waals surface area contributed by atoms with E-state index < -0.39 is 4.92 Å². The van der Waals surface area contributed by atoms with Gasteiger partial charge in [0.1, 0.15) is 0 Å². The number of carbonyl (C=O) groups excluding carboxylic acids is 1. The minimum atomic E-state index is -0.401. The Morgan fingerprint density at radius 3 is 2.12 bits per heavy atom. The summed E-state index contributed by atoms with van der Waals surface area (Å²) in [6.45, 7) is 2.62. The van der Waals surface area contributed by atoms with E-state index in [-0.39, 0.29) is 11.6 Å². The van der Waals surface area contributed by atoms with Crippen molar-refractivity contribution >= 4 is 40.6 Å². The molecule has 164 valence electrons. The molecule has 0 atom stereocenters. The van der Waals surface area contributed by atoms with Crippen molar-refractivity contribution in [2.24, 2.45) is 0 Å². The van der Waals surface area contributed by atoms with E-state index >= 15 is 0 Å². The number of hydrogen-bond acceptors (Lipinski definition) is 5. The van der Waals surface area contributed by atoms with Crippen LogP contribution in [0.2, 0.25) is 5.02 Å². The van der Waals surface area contributed by atoms with Crippen molar-refractivity contribution in [2.75, 3.05) is 31.1 Å². The molecule has 4 rings (SSSR count). The number of non-ortho nitro benzene ring substituents is 1.